The molecule has 0 heterocycles. The van der Waals surface area contributed by atoms with Gasteiger partial charge in [-0.3, -0.25) is 0 Å². The molecule has 2 heteroatoms. The van der Waals surface area contributed by atoms with E-state index in [-0.39, 0.29) is 18.6 Å². The first kappa shape index (κ1) is 9.06. The van der Waals surface area contributed by atoms with E-state index in [1.807, 2.05) is 0 Å². The van der Waals surface area contributed by atoms with Gasteiger partial charge >= 0.3 is 22.1 Å². The summed E-state index contributed by atoms with van der Waals surface area (Å²) in [5.41, 5.74) is 0. The van der Waals surface area contributed by atoms with Gasteiger partial charge in [0.15, 0.2) is 0 Å². The van der Waals surface area contributed by atoms with E-state index in [1.165, 1.54) is 6.42 Å². The maximum absolute atomic E-state index is 8.38. The second kappa shape index (κ2) is 25.4. The molecular weight excluding hydrogens is 122 g/mol. The molecule has 30 valence electrons. The molecule has 0 N–H and O–H groups in total. The van der Waals surface area contributed by atoms with Crippen LogP contribution in [0.1, 0.15) is 20.3 Å². The molecule has 0 aromatic heterocycles. The van der Waals surface area contributed by atoms with Gasteiger partial charge in [-0.1, -0.05) is 20.3 Å². The van der Waals surface area contributed by atoms with E-state index in [1.54, 1.807) is 0 Å². The quantitative estimate of drug-likeness (QED) is 0.441. The monoisotopic (exact) mass is 130 g/mol. The van der Waals surface area contributed by atoms with Gasteiger partial charge in [-0.2, -0.15) is 0 Å². The van der Waals surface area contributed by atoms with E-state index in [0.29, 0.717) is 0 Å². The van der Waals surface area contributed by atoms with Gasteiger partial charge in [0.2, 0.25) is 0 Å². The summed E-state index contributed by atoms with van der Waals surface area (Å²) in [5.74, 6) is 0. The Hall–Kier alpha value is 0.436. The molecule has 0 fully saturated rings. The van der Waals surface area contributed by atoms with E-state index in [9.17, 15) is 0 Å². The summed E-state index contributed by atoms with van der Waals surface area (Å²) >= 11 is 0.125. The van der Waals surface area contributed by atoms with Gasteiger partial charge in [-0.25, -0.2) is 0 Å². The van der Waals surface area contributed by atoms with Gasteiger partial charge < -0.3 is 0 Å². The van der Waals surface area contributed by atoms with Crippen LogP contribution in [-0.2, 0) is 3.54 Å². The molecule has 0 atom stereocenters. The molecule has 0 aliphatic rings. The Bertz CT molecular complexity index is 10.9. The van der Waals surface area contributed by atoms with Crippen molar-refractivity contribution in [2.24, 2.45) is 0 Å². The Morgan fingerprint density at radius 2 is 1.40 bits per heavy atom. The van der Waals surface area contributed by atoms with E-state index in [2.05, 4.69) is 13.8 Å². The van der Waals surface area contributed by atoms with Gasteiger partial charge in [0.1, 0.15) is 0 Å². The van der Waals surface area contributed by atoms with E-state index >= 15 is 0 Å². The Labute approximate surface area is 43.0 Å². The summed E-state index contributed by atoms with van der Waals surface area (Å²) in [6.07, 6.45) is 1.25. The Morgan fingerprint density at radius 3 is 1.40 bits per heavy atom. The summed E-state index contributed by atoms with van der Waals surface area (Å²) in [7, 11) is 0. The van der Waals surface area contributed by atoms with Crippen LogP contribution < -0.4 is 0 Å². The number of hydrogen-bond donors (Lipinski definition) is 0. The third kappa shape index (κ3) is 138. The zero-order valence-electron chi connectivity index (χ0n) is 3.82. The zero-order valence-corrected chi connectivity index (χ0v) is 6.79. The molecule has 1 nitrogen and oxygen atoms in total. The SMILES string of the molecule is CCC.[O]=[GaH]. The first-order valence-corrected chi connectivity index (χ1v) is 2.91. The molecule has 5 heavy (non-hydrogen) atoms. The van der Waals surface area contributed by atoms with Crippen LogP contribution in [0.5, 0.6) is 0 Å². The Morgan fingerprint density at radius 1 is 1.40 bits per heavy atom. The maximum atomic E-state index is 8.38. The fourth-order valence-electron chi connectivity index (χ4n) is 0. The van der Waals surface area contributed by atoms with Crippen LogP contribution in [0.2, 0.25) is 0 Å². The van der Waals surface area contributed by atoms with Crippen LogP contribution in [0.25, 0.3) is 0 Å². The molecule has 0 aliphatic carbocycles. The van der Waals surface area contributed by atoms with Crippen molar-refractivity contribution >= 4 is 18.6 Å². The first-order chi connectivity index (χ1) is 2.41. The Balaban J connectivity index is 0. The second-order valence-electron chi connectivity index (χ2n) is 0.707. The fraction of sp³-hybridized carbons (Fsp3) is 1.00. The van der Waals surface area contributed by atoms with Gasteiger partial charge in [-0.15, -0.1) is 0 Å². The summed E-state index contributed by atoms with van der Waals surface area (Å²) in [4.78, 5) is 0. The molecule has 0 aliphatic heterocycles. The van der Waals surface area contributed by atoms with Crippen molar-refractivity contribution < 1.29 is 3.54 Å². The topological polar surface area (TPSA) is 17.1 Å². The predicted octanol–water partition coefficient (Wildman–Crippen LogP) is 0.649. The van der Waals surface area contributed by atoms with E-state index in [0.717, 1.165) is 0 Å². The zero-order chi connectivity index (χ0) is 4.71. The van der Waals surface area contributed by atoms with Crippen LogP contribution in [0.3, 0.4) is 0 Å². The molecule has 0 saturated heterocycles. The molecular formula is C3H9GaO. The third-order valence-electron chi connectivity index (χ3n) is 0. The summed E-state index contributed by atoms with van der Waals surface area (Å²) < 4.78 is 8.38. The molecule has 0 saturated carbocycles. The van der Waals surface area contributed by atoms with Crippen molar-refractivity contribution in [2.75, 3.05) is 0 Å². The molecule has 0 rings (SSSR count). The molecule has 0 bridgehead atoms. The van der Waals surface area contributed by atoms with Crippen molar-refractivity contribution in [1.29, 1.82) is 0 Å². The molecule has 0 radical (unpaired) electrons. The summed E-state index contributed by atoms with van der Waals surface area (Å²) in [6.45, 7) is 4.25. The number of hydrogen-bond acceptors (Lipinski definition) is 1. The normalized spacial score (nSPS) is 4.20. The molecule has 0 amide bonds. The second-order valence-corrected chi connectivity index (χ2v) is 0.707. The average molecular weight is 131 g/mol. The summed E-state index contributed by atoms with van der Waals surface area (Å²) in [6, 6.07) is 0. The van der Waals surface area contributed by atoms with Crippen molar-refractivity contribution in [3.8, 4) is 0 Å². The van der Waals surface area contributed by atoms with Gasteiger partial charge in [-0.05, 0) is 0 Å². The van der Waals surface area contributed by atoms with Gasteiger partial charge in [0, 0.05) is 0 Å². The molecule has 0 unspecified atom stereocenters. The number of rotatable bonds is 0. The Kier molecular flexibility index (Phi) is 46.0. The van der Waals surface area contributed by atoms with Crippen molar-refractivity contribution in [1.82, 2.24) is 0 Å². The summed E-state index contributed by atoms with van der Waals surface area (Å²) in [5, 5.41) is 0. The molecule has 0 spiro atoms. The fourth-order valence-corrected chi connectivity index (χ4v) is 0. The average Bonchev–Trinajstić information content (AvgIpc) is 1.46. The third-order valence-corrected chi connectivity index (χ3v) is 0. The molecule has 0 aromatic carbocycles. The van der Waals surface area contributed by atoms with Gasteiger partial charge in [0.05, 0.1) is 0 Å². The minimum atomic E-state index is 0.125. The standard InChI is InChI=1S/C3H8.Ga.O.H/c1-3-2;;;/h3H2,1-2H3;;;. The van der Waals surface area contributed by atoms with Crippen LogP contribution in [-0.4, -0.2) is 18.6 Å². The minimum absolute atomic E-state index is 0.125. The van der Waals surface area contributed by atoms with E-state index in [4.69, 9.17) is 3.54 Å². The van der Waals surface area contributed by atoms with Gasteiger partial charge in [0.25, 0.3) is 0 Å². The van der Waals surface area contributed by atoms with Crippen LogP contribution in [0.4, 0.5) is 0 Å². The van der Waals surface area contributed by atoms with Crippen LogP contribution in [0.15, 0.2) is 0 Å². The first-order valence-electron chi connectivity index (χ1n) is 1.70. The van der Waals surface area contributed by atoms with Crippen LogP contribution in [0, 0.1) is 0 Å². The van der Waals surface area contributed by atoms with E-state index < -0.39 is 0 Å². The van der Waals surface area contributed by atoms with Crippen molar-refractivity contribution in [3.05, 3.63) is 0 Å². The van der Waals surface area contributed by atoms with Crippen molar-refractivity contribution in [2.45, 2.75) is 20.3 Å². The molecule has 0 aromatic rings. The predicted molar refractivity (Wildman–Crippen MR) is 23.8 cm³/mol. The van der Waals surface area contributed by atoms with Crippen LogP contribution >= 0.6 is 0 Å². The van der Waals surface area contributed by atoms with Crippen molar-refractivity contribution in [3.63, 3.8) is 0 Å².